The zero-order chi connectivity index (χ0) is 16.4. The number of piperidine rings is 1. The third-order valence-electron chi connectivity index (χ3n) is 4.44. The van der Waals surface area contributed by atoms with E-state index >= 15 is 0 Å². The first kappa shape index (κ1) is 16.4. The number of carbonyl (C=O) groups excluding carboxylic acids is 1. The van der Waals surface area contributed by atoms with Crippen LogP contribution in [0.3, 0.4) is 0 Å². The molecule has 1 fully saturated rings. The predicted octanol–water partition coefficient (Wildman–Crippen LogP) is 2.41. The second kappa shape index (κ2) is 6.97. The minimum absolute atomic E-state index is 0.158. The second-order valence-corrected chi connectivity index (χ2v) is 6.79. The Bertz CT molecular complexity index is 583. The summed E-state index contributed by atoms with van der Waals surface area (Å²) in [4.78, 5) is 16.1. The van der Waals surface area contributed by atoms with Gasteiger partial charge in [-0.3, -0.25) is 9.69 Å². The fourth-order valence-corrected chi connectivity index (χ4v) is 3.50. The maximum Gasteiger partial charge on any atom is 0.225 e. The number of likely N-dealkylation sites (tertiary alicyclic amines) is 1. The van der Waals surface area contributed by atoms with E-state index in [0.29, 0.717) is 24.0 Å². The van der Waals surface area contributed by atoms with Gasteiger partial charge in [0.2, 0.25) is 5.91 Å². The molecule has 23 heavy (non-hydrogen) atoms. The molecule has 6 heteroatoms. The molecule has 2 heterocycles. The van der Waals surface area contributed by atoms with Crippen molar-refractivity contribution in [1.29, 1.82) is 0 Å². The number of fused-ring (bicyclic) bond motifs is 1. The molecule has 0 aromatic heterocycles. The minimum Gasteiger partial charge on any atom is -0.486 e. The highest BCUT2D eigenvalue weighted by Gasteiger charge is 2.26. The van der Waals surface area contributed by atoms with Crippen LogP contribution in [0.15, 0.2) is 12.1 Å². The number of hydrogen-bond donors (Lipinski definition) is 0. The van der Waals surface area contributed by atoms with Crippen molar-refractivity contribution in [2.75, 3.05) is 40.4 Å². The average Bonchev–Trinajstić information content (AvgIpc) is 2.55. The number of hydrogen-bond acceptors (Lipinski definition) is 4. The topological polar surface area (TPSA) is 42.0 Å². The van der Waals surface area contributed by atoms with Crippen molar-refractivity contribution < 1.29 is 14.3 Å². The van der Waals surface area contributed by atoms with Gasteiger partial charge in [0, 0.05) is 26.6 Å². The summed E-state index contributed by atoms with van der Waals surface area (Å²) < 4.78 is 11.2. The van der Waals surface area contributed by atoms with Gasteiger partial charge in [-0.15, -0.1) is 0 Å². The van der Waals surface area contributed by atoms with E-state index in [1.807, 2.05) is 26.2 Å². The molecule has 2 aliphatic heterocycles. The van der Waals surface area contributed by atoms with Gasteiger partial charge in [-0.25, -0.2) is 0 Å². The lowest BCUT2D eigenvalue weighted by atomic mass is 9.95. The van der Waals surface area contributed by atoms with Gasteiger partial charge in [-0.1, -0.05) is 11.6 Å². The van der Waals surface area contributed by atoms with Crippen LogP contribution in [0, 0.1) is 5.92 Å². The van der Waals surface area contributed by atoms with Crippen LogP contribution in [0.25, 0.3) is 0 Å². The Morgan fingerprint density at radius 1 is 1.26 bits per heavy atom. The Morgan fingerprint density at radius 2 is 1.96 bits per heavy atom. The highest BCUT2D eigenvalue weighted by Crippen LogP contribution is 2.38. The van der Waals surface area contributed by atoms with Crippen LogP contribution in [0.5, 0.6) is 11.5 Å². The Labute approximate surface area is 142 Å². The van der Waals surface area contributed by atoms with Crippen molar-refractivity contribution in [2.24, 2.45) is 5.92 Å². The monoisotopic (exact) mass is 338 g/mol. The Hall–Kier alpha value is -1.46. The molecular weight excluding hydrogens is 316 g/mol. The average molecular weight is 339 g/mol. The summed E-state index contributed by atoms with van der Waals surface area (Å²) in [6, 6.07) is 3.96. The number of carbonyl (C=O) groups is 1. The second-order valence-electron chi connectivity index (χ2n) is 6.38. The van der Waals surface area contributed by atoms with Gasteiger partial charge in [-0.2, -0.15) is 0 Å². The summed E-state index contributed by atoms with van der Waals surface area (Å²) in [5.74, 6) is 1.78. The van der Waals surface area contributed by atoms with Crippen molar-refractivity contribution in [3.8, 4) is 11.5 Å². The maximum absolute atomic E-state index is 12.0. The maximum atomic E-state index is 12.0. The zero-order valence-electron chi connectivity index (χ0n) is 13.7. The van der Waals surface area contributed by atoms with Crippen LogP contribution in [0.1, 0.15) is 18.4 Å². The number of benzene rings is 1. The number of halogens is 1. The van der Waals surface area contributed by atoms with E-state index < -0.39 is 0 Å². The Morgan fingerprint density at radius 3 is 2.65 bits per heavy atom. The quantitative estimate of drug-likeness (QED) is 0.848. The first-order valence-electron chi connectivity index (χ1n) is 8.06. The summed E-state index contributed by atoms with van der Waals surface area (Å²) in [6.07, 6.45) is 1.82. The highest BCUT2D eigenvalue weighted by molar-refractivity contribution is 6.32. The summed E-state index contributed by atoms with van der Waals surface area (Å²) in [5.41, 5.74) is 1.12. The lowest BCUT2D eigenvalue weighted by Crippen LogP contribution is -2.39. The van der Waals surface area contributed by atoms with Crippen LogP contribution in [0.2, 0.25) is 5.02 Å². The molecule has 1 amide bonds. The molecule has 0 N–H and O–H groups in total. The SMILES string of the molecule is CN(C)C(=O)C1CCN(Cc2cc(Cl)c3c(c2)OCCO3)CC1. The predicted molar refractivity (Wildman–Crippen MR) is 89.1 cm³/mol. The van der Waals surface area contributed by atoms with E-state index in [0.717, 1.165) is 43.8 Å². The Balaban J connectivity index is 1.61. The van der Waals surface area contributed by atoms with Gasteiger partial charge < -0.3 is 14.4 Å². The lowest BCUT2D eigenvalue weighted by molar-refractivity contribution is -0.134. The van der Waals surface area contributed by atoms with Crippen molar-refractivity contribution in [2.45, 2.75) is 19.4 Å². The van der Waals surface area contributed by atoms with E-state index in [2.05, 4.69) is 4.90 Å². The van der Waals surface area contributed by atoms with Crippen LogP contribution in [-0.2, 0) is 11.3 Å². The fourth-order valence-electron chi connectivity index (χ4n) is 3.22. The van der Waals surface area contributed by atoms with Crippen molar-refractivity contribution in [3.63, 3.8) is 0 Å². The number of rotatable bonds is 3. The van der Waals surface area contributed by atoms with Gasteiger partial charge in [0.1, 0.15) is 13.2 Å². The molecule has 0 radical (unpaired) electrons. The molecule has 126 valence electrons. The van der Waals surface area contributed by atoms with Crippen LogP contribution >= 0.6 is 11.6 Å². The van der Waals surface area contributed by atoms with Crippen molar-refractivity contribution in [3.05, 3.63) is 22.7 Å². The van der Waals surface area contributed by atoms with Gasteiger partial charge in [0.05, 0.1) is 5.02 Å². The molecule has 1 saturated heterocycles. The van der Waals surface area contributed by atoms with Crippen LogP contribution in [0.4, 0.5) is 0 Å². The van der Waals surface area contributed by atoms with Gasteiger partial charge >= 0.3 is 0 Å². The van der Waals surface area contributed by atoms with E-state index in [1.165, 1.54) is 0 Å². The Kier molecular flexibility index (Phi) is 4.97. The molecule has 3 rings (SSSR count). The molecule has 0 aliphatic carbocycles. The molecule has 5 nitrogen and oxygen atoms in total. The molecule has 0 spiro atoms. The van der Waals surface area contributed by atoms with Crippen LogP contribution < -0.4 is 9.47 Å². The largest absolute Gasteiger partial charge is 0.486 e. The number of amides is 1. The molecule has 1 aromatic carbocycles. The molecule has 0 atom stereocenters. The smallest absolute Gasteiger partial charge is 0.225 e. The van der Waals surface area contributed by atoms with Crippen molar-refractivity contribution in [1.82, 2.24) is 9.80 Å². The van der Waals surface area contributed by atoms with E-state index in [4.69, 9.17) is 21.1 Å². The number of ether oxygens (including phenoxy) is 2. The lowest BCUT2D eigenvalue weighted by Gasteiger charge is -2.32. The van der Waals surface area contributed by atoms with E-state index in [-0.39, 0.29) is 11.8 Å². The van der Waals surface area contributed by atoms with E-state index in [1.54, 1.807) is 4.90 Å². The molecule has 2 aliphatic rings. The van der Waals surface area contributed by atoms with Crippen molar-refractivity contribution >= 4 is 17.5 Å². The third kappa shape index (κ3) is 3.72. The summed E-state index contributed by atoms with van der Waals surface area (Å²) >= 11 is 6.29. The molecule has 0 saturated carbocycles. The summed E-state index contributed by atoms with van der Waals surface area (Å²) in [7, 11) is 3.65. The fraction of sp³-hybridized carbons (Fsp3) is 0.588. The molecular formula is C17H23ClN2O3. The molecule has 0 unspecified atom stereocenters. The first-order valence-corrected chi connectivity index (χ1v) is 8.44. The zero-order valence-corrected chi connectivity index (χ0v) is 14.4. The van der Waals surface area contributed by atoms with Crippen LogP contribution in [-0.4, -0.2) is 56.1 Å². The highest BCUT2D eigenvalue weighted by atomic mass is 35.5. The molecule has 1 aromatic rings. The standard InChI is InChI=1S/C17H23ClN2O3/c1-19(2)17(21)13-3-5-20(6-4-13)11-12-9-14(18)16-15(10-12)22-7-8-23-16/h9-10,13H,3-8,11H2,1-2H3. The van der Waals surface area contributed by atoms with Gasteiger partial charge in [-0.05, 0) is 43.6 Å². The molecule has 0 bridgehead atoms. The summed E-state index contributed by atoms with van der Waals surface area (Å²) in [6.45, 7) is 3.77. The number of nitrogens with zero attached hydrogens (tertiary/aromatic N) is 2. The van der Waals surface area contributed by atoms with E-state index in [9.17, 15) is 4.79 Å². The normalized spacial score (nSPS) is 18.7. The third-order valence-corrected chi connectivity index (χ3v) is 4.72. The minimum atomic E-state index is 0.158. The van der Waals surface area contributed by atoms with Gasteiger partial charge in [0.15, 0.2) is 11.5 Å². The summed E-state index contributed by atoms with van der Waals surface area (Å²) in [5, 5.41) is 0.606. The first-order chi connectivity index (χ1) is 11.0. The van der Waals surface area contributed by atoms with Gasteiger partial charge in [0.25, 0.3) is 0 Å².